The van der Waals surface area contributed by atoms with Gasteiger partial charge in [-0.3, -0.25) is 9.59 Å². The summed E-state index contributed by atoms with van der Waals surface area (Å²) in [7, 11) is 0. The van der Waals surface area contributed by atoms with Gasteiger partial charge in [0.05, 0.1) is 6.61 Å². The molecule has 0 aromatic heterocycles. The normalized spacial score (nSPS) is 12.5. The molecule has 0 bridgehead atoms. The van der Waals surface area contributed by atoms with Gasteiger partial charge in [-0.1, -0.05) is 230 Å². The van der Waals surface area contributed by atoms with E-state index in [0.717, 1.165) is 70.6 Å². The van der Waals surface area contributed by atoms with Gasteiger partial charge in [-0.25, -0.2) is 0 Å². The minimum atomic E-state index is -0.540. The van der Waals surface area contributed by atoms with Crippen molar-refractivity contribution in [1.29, 1.82) is 0 Å². The van der Waals surface area contributed by atoms with Crippen molar-refractivity contribution in [3.05, 3.63) is 48.6 Å². The molecule has 1 atom stereocenters. The quantitative estimate of drug-likeness (QED) is 0.0348. The molecule has 0 fully saturated rings. The van der Waals surface area contributed by atoms with Gasteiger partial charge in [-0.05, 0) is 57.8 Å². The molecule has 0 saturated carbocycles. The van der Waals surface area contributed by atoms with E-state index in [-0.39, 0.29) is 25.2 Å². The molecule has 0 aromatic rings. The van der Waals surface area contributed by atoms with Crippen molar-refractivity contribution in [3.8, 4) is 0 Å². The Bertz CT molecular complexity index is 966. The second kappa shape index (κ2) is 49.2. The fourth-order valence-electron chi connectivity index (χ4n) is 7.15. The van der Waals surface area contributed by atoms with Crippen LogP contribution >= 0.6 is 0 Å². The maximum atomic E-state index is 12.7. The zero-order valence-electron chi connectivity index (χ0n) is 38.8. The molecular weight excluding hydrogens is 717 g/mol. The van der Waals surface area contributed by atoms with Crippen LogP contribution in [0.4, 0.5) is 0 Å². The molecule has 5 heteroatoms. The summed E-state index contributed by atoms with van der Waals surface area (Å²) in [5.74, 6) is -0.400. The molecular formula is C53H96O5. The van der Waals surface area contributed by atoms with E-state index < -0.39 is 6.10 Å². The summed E-state index contributed by atoms with van der Waals surface area (Å²) in [6, 6.07) is 0. The van der Waals surface area contributed by atoms with Crippen LogP contribution in [-0.2, 0) is 23.8 Å². The molecule has 5 nitrogen and oxygen atoms in total. The van der Waals surface area contributed by atoms with Gasteiger partial charge < -0.3 is 14.2 Å². The highest BCUT2D eigenvalue weighted by Crippen LogP contribution is 2.15. The standard InChI is InChI=1S/C53H96O5/c1-4-7-10-13-16-19-21-23-25-26-27-29-31-33-36-39-42-45-48-56-49-51(58-53(55)47-44-41-38-34-18-15-12-9-6-3)50-57-52(54)46-43-40-37-35-32-30-28-24-22-20-17-14-11-8-5-2/h7,10,16,19,23,25,27,29,51H,4-6,8-9,11-15,17-18,20-22,24,26,28,30-50H2,1-3H3/b10-7-,19-16-,25-23-,29-27-. The fourth-order valence-corrected chi connectivity index (χ4v) is 7.15. The predicted molar refractivity (Wildman–Crippen MR) is 251 cm³/mol. The number of rotatable bonds is 46. The molecule has 338 valence electrons. The number of unbranched alkanes of at least 4 members (excludes halogenated alkanes) is 27. The fraction of sp³-hybridized carbons (Fsp3) is 0.811. The third-order valence-corrected chi connectivity index (χ3v) is 10.9. The van der Waals surface area contributed by atoms with Crippen molar-refractivity contribution in [1.82, 2.24) is 0 Å². The van der Waals surface area contributed by atoms with Crippen molar-refractivity contribution < 1.29 is 23.8 Å². The average Bonchev–Trinajstić information content (AvgIpc) is 3.22. The van der Waals surface area contributed by atoms with Crippen LogP contribution in [0.3, 0.4) is 0 Å². The number of ether oxygens (including phenoxy) is 3. The summed E-state index contributed by atoms with van der Waals surface area (Å²) in [5.41, 5.74) is 0. The van der Waals surface area contributed by atoms with E-state index in [4.69, 9.17) is 14.2 Å². The van der Waals surface area contributed by atoms with Crippen LogP contribution in [-0.4, -0.2) is 37.9 Å². The van der Waals surface area contributed by atoms with Crippen molar-refractivity contribution in [2.75, 3.05) is 19.8 Å². The highest BCUT2D eigenvalue weighted by atomic mass is 16.6. The van der Waals surface area contributed by atoms with Crippen LogP contribution in [0, 0.1) is 0 Å². The Morgan fingerprint density at radius 3 is 1.24 bits per heavy atom. The Balaban J connectivity index is 4.20. The van der Waals surface area contributed by atoms with Crippen molar-refractivity contribution >= 4 is 11.9 Å². The molecule has 0 rings (SSSR count). The molecule has 1 unspecified atom stereocenters. The molecule has 0 aliphatic rings. The van der Waals surface area contributed by atoms with Crippen LogP contribution in [0.5, 0.6) is 0 Å². The first-order valence-corrected chi connectivity index (χ1v) is 25.2. The van der Waals surface area contributed by atoms with Crippen molar-refractivity contribution in [3.63, 3.8) is 0 Å². The van der Waals surface area contributed by atoms with Crippen LogP contribution < -0.4 is 0 Å². The van der Waals surface area contributed by atoms with Gasteiger partial charge >= 0.3 is 11.9 Å². The maximum Gasteiger partial charge on any atom is 0.306 e. The van der Waals surface area contributed by atoms with Gasteiger partial charge in [0.15, 0.2) is 6.10 Å². The lowest BCUT2D eigenvalue weighted by molar-refractivity contribution is -0.163. The van der Waals surface area contributed by atoms with Gasteiger partial charge in [-0.15, -0.1) is 0 Å². The number of hydrogen-bond acceptors (Lipinski definition) is 5. The summed E-state index contributed by atoms with van der Waals surface area (Å²) >= 11 is 0. The number of hydrogen-bond donors (Lipinski definition) is 0. The Kier molecular flexibility index (Phi) is 47.4. The van der Waals surface area contributed by atoms with E-state index in [9.17, 15) is 9.59 Å². The van der Waals surface area contributed by atoms with E-state index in [1.165, 1.54) is 148 Å². The zero-order valence-corrected chi connectivity index (χ0v) is 38.8. The summed E-state index contributed by atoms with van der Waals surface area (Å²) in [6.45, 7) is 7.69. The summed E-state index contributed by atoms with van der Waals surface area (Å²) < 4.78 is 17.3. The van der Waals surface area contributed by atoms with Gasteiger partial charge in [-0.2, -0.15) is 0 Å². The highest BCUT2D eigenvalue weighted by Gasteiger charge is 2.17. The van der Waals surface area contributed by atoms with Crippen LogP contribution in [0.25, 0.3) is 0 Å². The number of esters is 2. The zero-order chi connectivity index (χ0) is 42.1. The minimum Gasteiger partial charge on any atom is -0.462 e. The molecule has 58 heavy (non-hydrogen) atoms. The SMILES string of the molecule is CC/C=C\C/C=C\C/C=C\C/C=C\CCCCCCCOCC(COC(=O)CCCCCCCCCCCCCCCCC)OC(=O)CCCCCCCCCCC. The molecule has 0 radical (unpaired) electrons. The van der Waals surface area contributed by atoms with Gasteiger partial charge in [0.1, 0.15) is 6.61 Å². The number of allylic oxidation sites excluding steroid dienone is 8. The van der Waals surface area contributed by atoms with Gasteiger partial charge in [0.2, 0.25) is 0 Å². The van der Waals surface area contributed by atoms with Crippen LogP contribution in [0.15, 0.2) is 48.6 Å². The summed E-state index contributed by atoms with van der Waals surface area (Å²) in [6.07, 6.45) is 59.8. The van der Waals surface area contributed by atoms with Crippen molar-refractivity contribution in [2.45, 2.75) is 258 Å². The number of carbonyl (C=O) groups is 2. The van der Waals surface area contributed by atoms with E-state index in [1.54, 1.807) is 0 Å². The second-order valence-corrected chi connectivity index (χ2v) is 16.7. The Morgan fingerprint density at radius 2 is 0.776 bits per heavy atom. The molecule has 0 N–H and O–H groups in total. The topological polar surface area (TPSA) is 61.8 Å². The summed E-state index contributed by atoms with van der Waals surface area (Å²) in [4.78, 5) is 25.3. The second-order valence-electron chi connectivity index (χ2n) is 16.7. The molecule has 0 aliphatic heterocycles. The third kappa shape index (κ3) is 46.5. The lowest BCUT2D eigenvalue weighted by atomic mass is 10.0. The largest absolute Gasteiger partial charge is 0.462 e. The Morgan fingerprint density at radius 1 is 0.397 bits per heavy atom. The van der Waals surface area contributed by atoms with Gasteiger partial charge in [0.25, 0.3) is 0 Å². The number of carbonyl (C=O) groups excluding carboxylic acids is 2. The van der Waals surface area contributed by atoms with Crippen LogP contribution in [0.2, 0.25) is 0 Å². The maximum absolute atomic E-state index is 12.7. The molecule has 0 saturated heterocycles. The minimum absolute atomic E-state index is 0.0817. The predicted octanol–water partition coefficient (Wildman–Crippen LogP) is 16.8. The van der Waals surface area contributed by atoms with Crippen LogP contribution in [0.1, 0.15) is 252 Å². The van der Waals surface area contributed by atoms with E-state index in [0.29, 0.717) is 19.4 Å². The first kappa shape index (κ1) is 55.9. The molecule has 0 aromatic carbocycles. The lowest BCUT2D eigenvalue weighted by Crippen LogP contribution is -2.30. The summed E-state index contributed by atoms with van der Waals surface area (Å²) in [5, 5.41) is 0. The molecule has 0 heterocycles. The third-order valence-electron chi connectivity index (χ3n) is 10.9. The first-order chi connectivity index (χ1) is 28.6. The highest BCUT2D eigenvalue weighted by molar-refractivity contribution is 5.70. The van der Waals surface area contributed by atoms with E-state index in [1.807, 2.05) is 0 Å². The first-order valence-electron chi connectivity index (χ1n) is 25.2. The van der Waals surface area contributed by atoms with Gasteiger partial charge in [0, 0.05) is 19.4 Å². The van der Waals surface area contributed by atoms with E-state index in [2.05, 4.69) is 69.4 Å². The average molecular weight is 813 g/mol. The molecule has 0 spiro atoms. The Labute approximate surface area is 361 Å². The van der Waals surface area contributed by atoms with Crippen molar-refractivity contribution in [2.24, 2.45) is 0 Å². The molecule has 0 aliphatic carbocycles. The monoisotopic (exact) mass is 813 g/mol. The molecule has 0 amide bonds. The Hall–Kier alpha value is -2.14. The lowest BCUT2D eigenvalue weighted by Gasteiger charge is -2.18. The van der Waals surface area contributed by atoms with E-state index >= 15 is 0 Å². The smallest absolute Gasteiger partial charge is 0.306 e.